The van der Waals surface area contributed by atoms with Crippen molar-refractivity contribution in [3.8, 4) is 0 Å². The number of carbonyl (C=O) groups is 1. The molecule has 0 spiro atoms. The lowest BCUT2D eigenvalue weighted by Crippen LogP contribution is -2.43. The Balaban J connectivity index is 0.00000162. The zero-order chi connectivity index (χ0) is 12.5. The second kappa shape index (κ2) is 5.61. The van der Waals surface area contributed by atoms with E-state index in [4.69, 9.17) is 5.73 Å². The van der Waals surface area contributed by atoms with E-state index < -0.39 is 0 Å². The van der Waals surface area contributed by atoms with Crippen LogP contribution in [0.3, 0.4) is 0 Å². The van der Waals surface area contributed by atoms with Crippen molar-refractivity contribution in [2.24, 2.45) is 5.41 Å². The molecule has 1 saturated heterocycles. The van der Waals surface area contributed by atoms with Crippen molar-refractivity contribution in [2.75, 3.05) is 18.8 Å². The van der Waals surface area contributed by atoms with Gasteiger partial charge in [-0.2, -0.15) is 0 Å². The van der Waals surface area contributed by atoms with Crippen LogP contribution in [0.25, 0.3) is 0 Å². The van der Waals surface area contributed by atoms with Crippen LogP contribution in [0.1, 0.15) is 37.0 Å². The molecule has 0 aliphatic carbocycles. The number of anilines is 1. The van der Waals surface area contributed by atoms with Gasteiger partial charge in [0.2, 0.25) is 0 Å². The van der Waals surface area contributed by atoms with Crippen molar-refractivity contribution in [3.63, 3.8) is 0 Å². The number of likely N-dealkylation sites (tertiary alicyclic amines) is 1. The van der Waals surface area contributed by atoms with Crippen LogP contribution in [0.4, 0.5) is 5.69 Å². The van der Waals surface area contributed by atoms with Crippen molar-refractivity contribution >= 4 is 24.0 Å². The number of nitrogen functional groups attached to an aromatic ring is 1. The minimum absolute atomic E-state index is 0. The molecular formula is C14H21ClN2O. The van der Waals surface area contributed by atoms with Crippen LogP contribution in [-0.4, -0.2) is 23.9 Å². The molecule has 1 aromatic rings. The molecule has 1 aromatic carbocycles. The van der Waals surface area contributed by atoms with Gasteiger partial charge in [0.25, 0.3) is 5.91 Å². The van der Waals surface area contributed by atoms with Gasteiger partial charge >= 0.3 is 0 Å². The van der Waals surface area contributed by atoms with Gasteiger partial charge in [-0.15, -0.1) is 12.4 Å². The Morgan fingerprint density at radius 1 is 1.33 bits per heavy atom. The van der Waals surface area contributed by atoms with Crippen LogP contribution in [0.15, 0.2) is 24.3 Å². The molecule has 0 radical (unpaired) electrons. The molecular weight excluding hydrogens is 248 g/mol. The minimum atomic E-state index is 0. The van der Waals surface area contributed by atoms with Gasteiger partial charge in [0, 0.05) is 18.8 Å². The zero-order valence-corrected chi connectivity index (χ0v) is 11.8. The van der Waals surface area contributed by atoms with Crippen LogP contribution in [0, 0.1) is 5.41 Å². The summed E-state index contributed by atoms with van der Waals surface area (Å²) in [5.74, 6) is 0.0656. The first-order chi connectivity index (χ1) is 7.99. The number of piperidine rings is 1. The SMILES string of the molecule is CC1(C)CCCN(C(=O)c2ccccc2N)C1.Cl. The number of amides is 1. The Morgan fingerprint density at radius 2 is 2.00 bits per heavy atom. The van der Waals surface area contributed by atoms with E-state index in [0.717, 1.165) is 19.5 Å². The molecule has 0 aromatic heterocycles. The minimum Gasteiger partial charge on any atom is -0.398 e. The number of para-hydroxylation sites is 1. The predicted octanol–water partition coefficient (Wildman–Crippen LogP) is 2.95. The van der Waals surface area contributed by atoms with Gasteiger partial charge in [0.1, 0.15) is 0 Å². The number of halogens is 1. The lowest BCUT2D eigenvalue weighted by molar-refractivity contribution is 0.0584. The fourth-order valence-electron chi connectivity index (χ4n) is 2.46. The highest BCUT2D eigenvalue weighted by atomic mass is 35.5. The first-order valence-electron chi connectivity index (χ1n) is 6.13. The van der Waals surface area contributed by atoms with E-state index in [1.54, 1.807) is 12.1 Å². The Labute approximate surface area is 115 Å². The fraction of sp³-hybridized carbons (Fsp3) is 0.500. The summed E-state index contributed by atoms with van der Waals surface area (Å²) in [4.78, 5) is 14.3. The first-order valence-corrected chi connectivity index (χ1v) is 6.13. The fourth-order valence-corrected chi connectivity index (χ4v) is 2.46. The summed E-state index contributed by atoms with van der Waals surface area (Å²) in [5, 5.41) is 0. The van der Waals surface area contributed by atoms with Gasteiger partial charge in [-0.1, -0.05) is 26.0 Å². The molecule has 2 N–H and O–H groups in total. The monoisotopic (exact) mass is 268 g/mol. The largest absolute Gasteiger partial charge is 0.398 e. The number of rotatable bonds is 1. The number of benzene rings is 1. The van der Waals surface area contributed by atoms with E-state index in [1.807, 2.05) is 17.0 Å². The van der Waals surface area contributed by atoms with E-state index in [-0.39, 0.29) is 23.7 Å². The van der Waals surface area contributed by atoms with E-state index in [2.05, 4.69) is 13.8 Å². The third-order valence-electron chi connectivity index (χ3n) is 3.38. The highest BCUT2D eigenvalue weighted by Crippen LogP contribution is 2.29. The van der Waals surface area contributed by atoms with Crippen molar-refractivity contribution in [1.29, 1.82) is 0 Å². The number of nitrogens with zero attached hydrogens (tertiary/aromatic N) is 1. The lowest BCUT2D eigenvalue weighted by Gasteiger charge is -2.38. The van der Waals surface area contributed by atoms with Gasteiger partial charge in [0.05, 0.1) is 5.56 Å². The van der Waals surface area contributed by atoms with Crippen LogP contribution in [-0.2, 0) is 0 Å². The van der Waals surface area contributed by atoms with E-state index in [1.165, 1.54) is 6.42 Å². The predicted molar refractivity (Wildman–Crippen MR) is 77.0 cm³/mol. The second-order valence-electron chi connectivity index (χ2n) is 5.58. The molecule has 2 rings (SSSR count). The first kappa shape index (κ1) is 14.8. The van der Waals surface area contributed by atoms with Crippen molar-refractivity contribution in [2.45, 2.75) is 26.7 Å². The standard InChI is InChI=1S/C14H20N2O.ClH/c1-14(2)8-5-9-16(10-14)13(17)11-6-3-4-7-12(11)15;/h3-4,6-7H,5,8-10,15H2,1-2H3;1H. The second-order valence-corrected chi connectivity index (χ2v) is 5.58. The molecule has 4 heteroatoms. The average Bonchev–Trinajstić information content (AvgIpc) is 2.27. The van der Waals surface area contributed by atoms with Crippen LogP contribution < -0.4 is 5.73 Å². The molecule has 3 nitrogen and oxygen atoms in total. The molecule has 1 amide bonds. The maximum atomic E-state index is 12.4. The molecule has 1 aliphatic rings. The van der Waals surface area contributed by atoms with Gasteiger partial charge in [-0.05, 0) is 30.4 Å². The highest BCUT2D eigenvalue weighted by Gasteiger charge is 2.29. The molecule has 1 aliphatic heterocycles. The van der Waals surface area contributed by atoms with Gasteiger partial charge in [0.15, 0.2) is 0 Å². The van der Waals surface area contributed by atoms with Crippen LogP contribution >= 0.6 is 12.4 Å². The van der Waals surface area contributed by atoms with Crippen molar-refractivity contribution in [1.82, 2.24) is 4.90 Å². The number of hydrogen-bond acceptors (Lipinski definition) is 2. The zero-order valence-electron chi connectivity index (χ0n) is 11.0. The Kier molecular flexibility index (Phi) is 4.63. The van der Waals surface area contributed by atoms with Crippen molar-refractivity contribution in [3.05, 3.63) is 29.8 Å². The van der Waals surface area contributed by atoms with Crippen molar-refractivity contribution < 1.29 is 4.79 Å². The van der Waals surface area contributed by atoms with Gasteiger partial charge in [-0.25, -0.2) is 0 Å². The van der Waals surface area contributed by atoms with Gasteiger partial charge < -0.3 is 10.6 Å². The maximum absolute atomic E-state index is 12.4. The average molecular weight is 269 g/mol. The number of nitrogens with two attached hydrogens (primary N) is 1. The van der Waals surface area contributed by atoms with E-state index >= 15 is 0 Å². The van der Waals surface area contributed by atoms with Gasteiger partial charge in [-0.3, -0.25) is 4.79 Å². The lowest BCUT2D eigenvalue weighted by atomic mass is 9.84. The Morgan fingerprint density at radius 3 is 2.61 bits per heavy atom. The Hall–Kier alpha value is -1.22. The quantitative estimate of drug-likeness (QED) is 0.796. The molecule has 0 unspecified atom stereocenters. The number of hydrogen-bond donors (Lipinski definition) is 1. The molecule has 18 heavy (non-hydrogen) atoms. The topological polar surface area (TPSA) is 46.3 Å². The summed E-state index contributed by atoms with van der Waals surface area (Å²) in [6.07, 6.45) is 2.26. The summed E-state index contributed by atoms with van der Waals surface area (Å²) < 4.78 is 0. The maximum Gasteiger partial charge on any atom is 0.255 e. The van der Waals surface area contributed by atoms with Crippen LogP contribution in [0.2, 0.25) is 0 Å². The summed E-state index contributed by atoms with van der Waals surface area (Å²) in [6.45, 7) is 6.08. The summed E-state index contributed by atoms with van der Waals surface area (Å²) in [7, 11) is 0. The van der Waals surface area contributed by atoms with Crippen LogP contribution in [0.5, 0.6) is 0 Å². The van der Waals surface area contributed by atoms with E-state index in [9.17, 15) is 4.79 Å². The molecule has 100 valence electrons. The van der Waals surface area contributed by atoms with E-state index in [0.29, 0.717) is 11.3 Å². The third kappa shape index (κ3) is 3.16. The Bertz CT molecular complexity index is 432. The molecule has 1 heterocycles. The summed E-state index contributed by atoms with van der Waals surface area (Å²) in [5.41, 5.74) is 7.27. The smallest absolute Gasteiger partial charge is 0.255 e. The summed E-state index contributed by atoms with van der Waals surface area (Å²) >= 11 is 0. The summed E-state index contributed by atoms with van der Waals surface area (Å²) in [6, 6.07) is 7.30. The molecule has 1 fully saturated rings. The normalized spacial score (nSPS) is 18.0. The molecule has 0 bridgehead atoms. The molecule has 0 atom stereocenters. The highest BCUT2D eigenvalue weighted by molar-refractivity contribution is 5.99. The number of carbonyl (C=O) groups excluding carboxylic acids is 1. The third-order valence-corrected chi connectivity index (χ3v) is 3.38. The molecule has 0 saturated carbocycles.